The number of hydrogen-bond acceptors (Lipinski definition) is 4. The lowest BCUT2D eigenvalue weighted by molar-refractivity contribution is -0.137. The predicted octanol–water partition coefficient (Wildman–Crippen LogP) is 6.40. The van der Waals surface area contributed by atoms with Crippen molar-refractivity contribution < 1.29 is 27.5 Å². The monoisotopic (exact) mass is 514 g/mol. The van der Waals surface area contributed by atoms with Gasteiger partial charge in [-0.1, -0.05) is 42.5 Å². The quantitative estimate of drug-likeness (QED) is 0.256. The predicted molar refractivity (Wildman–Crippen MR) is 135 cm³/mol. The van der Waals surface area contributed by atoms with E-state index in [9.17, 15) is 27.5 Å². The molecule has 1 heterocycles. The van der Waals surface area contributed by atoms with Crippen LogP contribution in [-0.4, -0.2) is 35.4 Å². The van der Waals surface area contributed by atoms with Crippen molar-refractivity contribution in [2.24, 2.45) is 0 Å². The van der Waals surface area contributed by atoms with Crippen molar-refractivity contribution in [2.45, 2.75) is 44.0 Å². The van der Waals surface area contributed by atoms with E-state index in [2.05, 4.69) is 10.2 Å². The molecule has 0 radical (unpaired) electrons. The Morgan fingerprint density at radius 2 is 1.70 bits per heavy atom. The molecule has 0 atom stereocenters. The number of carbonyl (C=O) groups excluding carboxylic acids is 1. The molecular weight excluding hydrogens is 484 g/mol. The van der Waals surface area contributed by atoms with Crippen LogP contribution in [0.2, 0.25) is 0 Å². The molecule has 3 aromatic rings. The number of aliphatic hydroxyl groups is 1. The number of carbonyl (C=O) groups is 1. The molecule has 8 heteroatoms. The zero-order chi connectivity index (χ0) is 26.5. The highest BCUT2D eigenvalue weighted by molar-refractivity contribution is 5.96. The molecule has 3 aromatic carbocycles. The highest BCUT2D eigenvalue weighted by Crippen LogP contribution is 2.36. The standard InChI is InChI=1S/C29H30F4N2O2/c30-26-19-24(34-20-21-6-2-1-3-7-21)11-12-25(26)27(36)10-5-15-35-16-13-28(37,14-17-35)22-8-4-9-23(18-22)29(31,32)33/h1-4,6-9,11-12,18-19,34,37H,5,10,13-17,20H2. The first-order valence-corrected chi connectivity index (χ1v) is 12.4. The molecule has 1 aliphatic heterocycles. The van der Waals surface area contributed by atoms with Gasteiger partial charge in [-0.3, -0.25) is 4.79 Å². The first kappa shape index (κ1) is 26.8. The van der Waals surface area contributed by atoms with Crippen LogP contribution in [0.15, 0.2) is 72.8 Å². The zero-order valence-corrected chi connectivity index (χ0v) is 20.4. The fraction of sp³-hybridized carbons (Fsp3) is 0.345. The summed E-state index contributed by atoms with van der Waals surface area (Å²) in [6.07, 6.45) is -3.16. The van der Waals surface area contributed by atoms with E-state index >= 15 is 0 Å². The summed E-state index contributed by atoms with van der Waals surface area (Å²) in [4.78, 5) is 14.7. The Kier molecular flexibility index (Phi) is 8.29. The largest absolute Gasteiger partial charge is 0.416 e. The van der Waals surface area contributed by atoms with E-state index in [1.807, 2.05) is 30.3 Å². The number of likely N-dealkylation sites (tertiary alicyclic amines) is 1. The van der Waals surface area contributed by atoms with Gasteiger partial charge in [-0.2, -0.15) is 13.2 Å². The average molecular weight is 515 g/mol. The number of halogens is 4. The van der Waals surface area contributed by atoms with Crippen molar-refractivity contribution in [3.8, 4) is 0 Å². The highest BCUT2D eigenvalue weighted by atomic mass is 19.4. The van der Waals surface area contributed by atoms with E-state index in [0.29, 0.717) is 51.1 Å². The van der Waals surface area contributed by atoms with Gasteiger partial charge in [-0.05, 0) is 67.3 Å². The third-order valence-corrected chi connectivity index (χ3v) is 6.90. The molecule has 4 rings (SSSR count). The summed E-state index contributed by atoms with van der Waals surface area (Å²) in [5.41, 5.74) is -0.0928. The van der Waals surface area contributed by atoms with Crippen molar-refractivity contribution in [3.63, 3.8) is 0 Å². The molecule has 196 valence electrons. The van der Waals surface area contributed by atoms with E-state index in [1.54, 1.807) is 6.07 Å². The van der Waals surface area contributed by atoms with Crippen LogP contribution >= 0.6 is 0 Å². The summed E-state index contributed by atoms with van der Waals surface area (Å²) in [5.74, 6) is -0.836. The highest BCUT2D eigenvalue weighted by Gasteiger charge is 2.37. The molecule has 4 nitrogen and oxygen atoms in total. The molecule has 0 unspecified atom stereocenters. The van der Waals surface area contributed by atoms with Crippen LogP contribution in [0.1, 0.15) is 52.7 Å². The smallest absolute Gasteiger partial charge is 0.385 e. The van der Waals surface area contributed by atoms with Crippen molar-refractivity contribution in [2.75, 3.05) is 25.0 Å². The number of benzene rings is 3. The summed E-state index contributed by atoms with van der Waals surface area (Å²) in [5, 5.41) is 14.1. The van der Waals surface area contributed by atoms with Crippen LogP contribution in [0, 0.1) is 5.82 Å². The average Bonchev–Trinajstić information content (AvgIpc) is 2.89. The minimum Gasteiger partial charge on any atom is -0.385 e. The second-order valence-electron chi connectivity index (χ2n) is 9.51. The molecule has 0 aromatic heterocycles. The Morgan fingerprint density at radius 3 is 2.38 bits per heavy atom. The summed E-state index contributed by atoms with van der Waals surface area (Å²) in [6.45, 7) is 2.13. The van der Waals surface area contributed by atoms with E-state index in [-0.39, 0.29) is 23.3 Å². The van der Waals surface area contributed by atoms with Crippen LogP contribution in [0.3, 0.4) is 0 Å². The van der Waals surface area contributed by atoms with Crippen LogP contribution < -0.4 is 5.32 Å². The lowest BCUT2D eigenvalue weighted by Gasteiger charge is -2.38. The fourth-order valence-corrected chi connectivity index (χ4v) is 4.67. The number of anilines is 1. The van der Waals surface area contributed by atoms with Crippen LogP contribution in [0.4, 0.5) is 23.2 Å². The number of Topliss-reactive ketones (excluding diaryl/α,β-unsaturated/α-hetero) is 1. The third kappa shape index (κ3) is 6.96. The van der Waals surface area contributed by atoms with E-state index < -0.39 is 23.2 Å². The van der Waals surface area contributed by atoms with Crippen LogP contribution in [0.25, 0.3) is 0 Å². The Hall–Kier alpha value is -3.23. The molecule has 0 aliphatic carbocycles. The molecule has 0 saturated carbocycles. The fourth-order valence-electron chi connectivity index (χ4n) is 4.67. The maximum Gasteiger partial charge on any atom is 0.416 e. The van der Waals surface area contributed by atoms with Gasteiger partial charge < -0.3 is 15.3 Å². The van der Waals surface area contributed by atoms with Gasteiger partial charge >= 0.3 is 6.18 Å². The van der Waals surface area contributed by atoms with Crippen LogP contribution in [-0.2, 0) is 18.3 Å². The Balaban J connectivity index is 1.24. The molecule has 1 saturated heterocycles. The van der Waals surface area contributed by atoms with Crippen molar-refractivity contribution >= 4 is 11.5 Å². The second kappa shape index (κ2) is 11.4. The summed E-state index contributed by atoms with van der Waals surface area (Å²) < 4.78 is 53.7. The molecule has 1 aliphatic rings. The molecule has 0 bridgehead atoms. The van der Waals surface area contributed by atoms with Crippen molar-refractivity contribution in [1.82, 2.24) is 4.90 Å². The van der Waals surface area contributed by atoms with Gasteiger partial charge in [0.15, 0.2) is 5.78 Å². The third-order valence-electron chi connectivity index (χ3n) is 6.90. The van der Waals surface area contributed by atoms with E-state index in [4.69, 9.17) is 0 Å². The number of hydrogen-bond donors (Lipinski definition) is 2. The first-order valence-electron chi connectivity index (χ1n) is 12.4. The van der Waals surface area contributed by atoms with E-state index in [0.717, 1.165) is 17.7 Å². The van der Waals surface area contributed by atoms with Crippen LogP contribution in [0.5, 0.6) is 0 Å². The van der Waals surface area contributed by atoms with Gasteiger partial charge in [0.05, 0.1) is 16.7 Å². The maximum atomic E-state index is 14.6. The number of ketones is 1. The molecule has 0 spiro atoms. The molecule has 1 fully saturated rings. The number of nitrogens with zero attached hydrogens (tertiary/aromatic N) is 1. The second-order valence-corrected chi connectivity index (χ2v) is 9.51. The summed E-state index contributed by atoms with van der Waals surface area (Å²) in [6, 6.07) is 19.1. The van der Waals surface area contributed by atoms with Gasteiger partial charge in [-0.15, -0.1) is 0 Å². The minimum atomic E-state index is -4.46. The number of rotatable bonds is 9. The summed E-state index contributed by atoms with van der Waals surface area (Å²) in [7, 11) is 0. The van der Waals surface area contributed by atoms with Crippen molar-refractivity contribution in [3.05, 3.63) is 101 Å². The number of alkyl halides is 3. The zero-order valence-electron chi connectivity index (χ0n) is 20.4. The lowest BCUT2D eigenvalue weighted by Crippen LogP contribution is -2.43. The number of piperidine rings is 1. The molecule has 0 amide bonds. The molecular formula is C29H30F4N2O2. The maximum absolute atomic E-state index is 14.6. The topological polar surface area (TPSA) is 52.6 Å². The Bertz CT molecular complexity index is 1210. The van der Waals surface area contributed by atoms with Crippen molar-refractivity contribution in [1.29, 1.82) is 0 Å². The molecule has 2 N–H and O–H groups in total. The SMILES string of the molecule is O=C(CCCN1CCC(O)(c2cccc(C(F)(F)F)c2)CC1)c1ccc(NCc2ccccc2)cc1F. The van der Waals surface area contributed by atoms with E-state index in [1.165, 1.54) is 24.3 Å². The van der Waals surface area contributed by atoms with Gasteiger partial charge in [-0.25, -0.2) is 4.39 Å². The minimum absolute atomic E-state index is 0.0582. The van der Waals surface area contributed by atoms with Gasteiger partial charge in [0, 0.05) is 31.7 Å². The Labute approximate surface area is 213 Å². The summed E-state index contributed by atoms with van der Waals surface area (Å²) >= 11 is 0. The van der Waals surface area contributed by atoms with Gasteiger partial charge in [0.2, 0.25) is 0 Å². The number of nitrogens with one attached hydrogen (secondary N) is 1. The van der Waals surface area contributed by atoms with Gasteiger partial charge in [0.1, 0.15) is 5.82 Å². The molecule has 37 heavy (non-hydrogen) atoms. The lowest BCUT2D eigenvalue weighted by atomic mass is 9.83. The normalized spacial score (nSPS) is 15.9. The first-order chi connectivity index (χ1) is 17.6. The Morgan fingerprint density at radius 1 is 0.973 bits per heavy atom. The van der Waals surface area contributed by atoms with Gasteiger partial charge in [0.25, 0.3) is 0 Å².